The van der Waals surface area contributed by atoms with Gasteiger partial charge in [0, 0.05) is 0 Å². The molecule has 0 fully saturated rings. The number of hydrogen-bond acceptors (Lipinski definition) is 0. The first kappa shape index (κ1) is 9.00. The van der Waals surface area contributed by atoms with Crippen LogP contribution in [0, 0.1) is 11.8 Å². The van der Waals surface area contributed by atoms with Crippen LogP contribution >= 0.6 is 0 Å². The van der Waals surface area contributed by atoms with Gasteiger partial charge < -0.3 is 0 Å². The topological polar surface area (TPSA) is 0 Å². The summed E-state index contributed by atoms with van der Waals surface area (Å²) in [6.07, 6.45) is 6.14. The van der Waals surface area contributed by atoms with E-state index in [-0.39, 0.29) is 0 Å². The maximum atomic E-state index is 2.33. The Morgan fingerprint density at radius 3 is 2.22 bits per heavy atom. The number of rotatable bonds is 4. The first-order valence-electron chi connectivity index (χ1n) is 3.90. The van der Waals surface area contributed by atoms with E-state index in [9.17, 15) is 0 Å². The standard InChI is InChI=1S/C9H19/c1-5-7-8-9(3,4)6-2/h5H,6-8H2,1-4H3. The molecule has 0 N–H and O–H groups in total. The van der Waals surface area contributed by atoms with Gasteiger partial charge in [0.05, 0.1) is 0 Å². The Kier molecular flexibility index (Phi) is 3.92. The summed E-state index contributed by atoms with van der Waals surface area (Å²) in [7, 11) is 0. The van der Waals surface area contributed by atoms with E-state index in [1.165, 1.54) is 19.3 Å². The second kappa shape index (κ2) is 3.92. The van der Waals surface area contributed by atoms with Crippen molar-refractivity contribution in [3.63, 3.8) is 0 Å². The van der Waals surface area contributed by atoms with Crippen LogP contribution in [-0.2, 0) is 0 Å². The Bertz CT molecular complexity index is 62.4. The molecule has 0 atom stereocenters. The molecule has 0 aliphatic carbocycles. The summed E-state index contributed by atoms with van der Waals surface area (Å²) in [5.74, 6) is 0. The zero-order valence-corrected chi connectivity index (χ0v) is 7.20. The second-order valence-corrected chi connectivity index (χ2v) is 3.46. The molecule has 0 aliphatic heterocycles. The molecular formula is C9H19. The maximum absolute atomic E-state index is 2.33. The fourth-order valence-corrected chi connectivity index (χ4v) is 0.712. The summed E-state index contributed by atoms with van der Waals surface area (Å²) in [5, 5.41) is 0. The van der Waals surface area contributed by atoms with Gasteiger partial charge in [-0.2, -0.15) is 0 Å². The third-order valence-electron chi connectivity index (χ3n) is 2.07. The lowest BCUT2D eigenvalue weighted by Crippen LogP contribution is -2.08. The van der Waals surface area contributed by atoms with Crippen LogP contribution < -0.4 is 0 Å². The third kappa shape index (κ3) is 4.50. The van der Waals surface area contributed by atoms with Crippen molar-refractivity contribution < 1.29 is 0 Å². The van der Waals surface area contributed by atoms with Crippen molar-refractivity contribution >= 4 is 0 Å². The van der Waals surface area contributed by atoms with Crippen LogP contribution in [0.2, 0.25) is 0 Å². The SMILES string of the molecule is C[CH]CCC(C)(C)CC. The molecule has 0 spiro atoms. The highest BCUT2D eigenvalue weighted by atomic mass is 14.2. The largest absolute Gasteiger partial charge is 0.0649 e. The smallest absolute Gasteiger partial charge is 0.0357 e. The normalized spacial score (nSPS) is 12.0. The molecule has 0 saturated carbocycles. The first-order chi connectivity index (χ1) is 4.12. The van der Waals surface area contributed by atoms with Gasteiger partial charge in [0.25, 0.3) is 0 Å². The van der Waals surface area contributed by atoms with Crippen molar-refractivity contribution in [2.75, 3.05) is 0 Å². The molecule has 0 saturated heterocycles. The highest BCUT2D eigenvalue weighted by Crippen LogP contribution is 2.26. The monoisotopic (exact) mass is 127 g/mol. The molecule has 1 radical (unpaired) electrons. The summed E-state index contributed by atoms with van der Waals surface area (Å²) in [4.78, 5) is 0. The quantitative estimate of drug-likeness (QED) is 0.542. The van der Waals surface area contributed by atoms with Crippen molar-refractivity contribution in [1.29, 1.82) is 0 Å². The van der Waals surface area contributed by atoms with Gasteiger partial charge in [-0.25, -0.2) is 0 Å². The summed E-state index contributed by atoms with van der Waals surface area (Å²) in [6, 6.07) is 0. The van der Waals surface area contributed by atoms with E-state index in [1.807, 2.05) is 0 Å². The van der Waals surface area contributed by atoms with Gasteiger partial charge in [-0.05, 0) is 24.7 Å². The molecule has 9 heavy (non-hydrogen) atoms. The van der Waals surface area contributed by atoms with Gasteiger partial charge in [-0.15, -0.1) is 0 Å². The van der Waals surface area contributed by atoms with Crippen LogP contribution in [0.15, 0.2) is 0 Å². The first-order valence-corrected chi connectivity index (χ1v) is 3.90. The van der Waals surface area contributed by atoms with Gasteiger partial charge in [-0.3, -0.25) is 0 Å². The minimum atomic E-state index is 0.562. The average molecular weight is 127 g/mol. The Labute approximate surface area is 59.7 Å². The molecule has 0 unspecified atom stereocenters. The lowest BCUT2D eigenvalue weighted by molar-refractivity contribution is 0.321. The minimum absolute atomic E-state index is 0.562. The summed E-state index contributed by atoms with van der Waals surface area (Å²) in [6.45, 7) is 9.05. The van der Waals surface area contributed by atoms with Crippen LogP contribution in [0.1, 0.15) is 47.0 Å². The van der Waals surface area contributed by atoms with Gasteiger partial charge >= 0.3 is 0 Å². The van der Waals surface area contributed by atoms with Crippen molar-refractivity contribution in [2.45, 2.75) is 47.0 Å². The van der Waals surface area contributed by atoms with Crippen molar-refractivity contribution in [2.24, 2.45) is 5.41 Å². The maximum Gasteiger partial charge on any atom is -0.0357 e. The van der Waals surface area contributed by atoms with Crippen molar-refractivity contribution in [3.05, 3.63) is 6.42 Å². The van der Waals surface area contributed by atoms with E-state index in [1.54, 1.807) is 0 Å². The van der Waals surface area contributed by atoms with Gasteiger partial charge in [0.1, 0.15) is 0 Å². The van der Waals surface area contributed by atoms with Crippen molar-refractivity contribution in [1.82, 2.24) is 0 Å². The molecule has 0 aromatic rings. The van der Waals surface area contributed by atoms with Gasteiger partial charge in [0.15, 0.2) is 0 Å². The van der Waals surface area contributed by atoms with Crippen molar-refractivity contribution in [3.8, 4) is 0 Å². The van der Waals surface area contributed by atoms with E-state index in [0.717, 1.165) is 0 Å². The summed E-state index contributed by atoms with van der Waals surface area (Å²) < 4.78 is 0. The zero-order chi connectivity index (χ0) is 7.33. The van der Waals surface area contributed by atoms with E-state index in [0.29, 0.717) is 5.41 Å². The molecule has 0 bridgehead atoms. The van der Waals surface area contributed by atoms with Crippen LogP contribution in [0.4, 0.5) is 0 Å². The fourth-order valence-electron chi connectivity index (χ4n) is 0.712. The highest BCUT2D eigenvalue weighted by molar-refractivity contribution is 4.69. The molecule has 0 nitrogen and oxygen atoms in total. The summed E-state index contributed by atoms with van der Waals surface area (Å²) in [5.41, 5.74) is 0.562. The molecule has 0 rings (SSSR count). The van der Waals surface area contributed by atoms with Crippen LogP contribution in [0.25, 0.3) is 0 Å². The molecule has 0 aromatic carbocycles. The molecule has 55 valence electrons. The third-order valence-corrected chi connectivity index (χ3v) is 2.07. The van der Waals surface area contributed by atoms with Gasteiger partial charge in [-0.1, -0.05) is 34.1 Å². The fraction of sp³-hybridized carbons (Fsp3) is 0.889. The molecule has 0 amide bonds. The minimum Gasteiger partial charge on any atom is -0.0649 e. The number of unbranched alkanes of at least 4 members (excludes halogenated alkanes) is 1. The van der Waals surface area contributed by atoms with E-state index in [4.69, 9.17) is 0 Å². The van der Waals surface area contributed by atoms with Crippen LogP contribution in [0.5, 0.6) is 0 Å². The summed E-state index contributed by atoms with van der Waals surface area (Å²) >= 11 is 0. The lowest BCUT2D eigenvalue weighted by atomic mass is 9.85. The molecular weight excluding hydrogens is 108 g/mol. The Balaban J connectivity index is 3.33. The Morgan fingerprint density at radius 2 is 1.89 bits per heavy atom. The molecule has 0 heteroatoms. The second-order valence-electron chi connectivity index (χ2n) is 3.46. The van der Waals surface area contributed by atoms with E-state index < -0.39 is 0 Å². The molecule has 0 heterocycles. The van der Waals surface area contributed by atoms with E-state index >= 15 is 0 Å². The van der Waals surface area contributed by atoms with Crippen LogP contribution in [0.3, 0.4) is 0 Å². The average Bonchev–Trinajstić information content (AvgIpc) is 1.84. The van der Waals surface area contributed by atoms with Crippen LogP contribution in [-0.4, -0.2) is 0 Å². The Hall–Kier alpha value is 0. The number of hydrogen-bond donors (Lipinski definition) is 0. The van der Waals surface area contributed by atoms with Gasteiger partial charge in [0.2, 0.25) is 0 Å². The zero-order valence-electron chi connectivity index (χ0n) is 7.20. The predicted molar refractivity (Wildman–Crippen MR) is 43.3 cm³/mol. The lowest BCUT2D eigenvalue weighted by Gasteiger charge is -2.21. The van der Waals surface area contributed by atoms with E-state index in [2.05, 4.69) is 34.1 Å². The predicted octanol–water partition coefficient (Wildman–Crippen LogP) is 3.43. The molecule has 0 aromatic heterocycles. The Morgan fingerprint density at radius 1 is 1.33 bits per heavy atom. The molecule has 0 aliphatic rings. The highest BCUT2D eigenvalue weighted by Gasteiger charge is 2.12.